The number of nitrogens with one attached hydrogen (secondary N) is 1. The van der Waals surface area contributed by atoms with E-state index in [1.165, 1.54) is 35.1 Å². The highest BCUT2D eigenvalue weighted by Gasteiger charge is 2.22. The maximum Gasteiger partial charge on any atom is 0.0508 e. The van der Waals surface area contributed by atoms with Crippen LogP contribution in [0.2, 0.25) is 0 Å². The molecule has 1 N–H and O–H groups in total. The van der Waals surface area contributed by atoms with E-state index in [2.05, 4.69) is 70.3 Å². The van der Waals surface area contributed by atoms with Crippen LogP contribution in [0, 0.1) is 0 Å². The summed E-state index contributed by atoms with van der Waals surface area (Å²) in [6.45, 7) is 6.41. The standard InChI is InChI=1S/C16H26BrN3/c1-4-18-11-13-7-8-16(15(17)10-13)20(3)12-14-6-5-9-19(14)2/h7-8,10,14,18H,4-6,9,11-12H2,1-3H3. The number of likely N-dealkylation sites (N-methyl/N-ethyl adjacent to an activating group) is 2. The normalized spacial score (nSPS) is 19.5. The van der Waals surface area contributed by atoms with Crippen molar-refractivity contribution in [3.8, 4) is 0 Å². The van der Waals surface area contributed by atoms with Crippen LogP contribution in [-0.2, 0) is 6.54 Å². The third kappa shape index (κ3) is 3.96. The number of rotatable bonds is 6. The van der Waals surface area contributed by atoms with Gasteiger partial charge in [-0.3, -0.25) is 0 Å². The molecule has 1 aliphatic rings. The molecule has 112 valence electrons. The fraction of sp³-hybridized carbons (Fsp3) is 0.625. The van der Waals surface area contributed by atoms with Gasteiger partial charge in [0, 0.05) is 30.7 Å². The van der Waals surface area contributed by atoms with Gasteiger partial charge in [-0.2, -0.15) is 0 Å². The number of hydrogen-bond acceptors (Lipinski definition) is 3. The average Bonchev–Trinajstić information content (AvgIpc) is 2.82. The zero-order chi connectivity index (χ0) is 14.5. The second-order valence-electron chi connectivity index (χ2n) is 5.72. The lowest BCUT2D eigenvalue weighted by molar-refractivity contribution is 0.314. The van der Waals surface area contributed by atoms with Gasteiger partial charge in [0.25, 0.3) is 0 Å². The Kier molecular flexibility index (Phi) is 5.87. The van der Waals surface area contributed by atoms with E-state index in [4.69, 9.17) is 0 Å². The minimum Gasteiger partial charge on any atom is -0.372 e. The first kappa shape index (κ1) is 15.8. The van der Waals surface area contributed by atoms with Gasteiger partial charge in [0.05, 0.1) is 5.69 Å². The predicted octanol–water partition coefficient (Wildman–Crippen LogP) is 3.09. The summed E-state index contributed by atoms with van der Waals surface area (Å²) in [6.07, 6.45) is 2.65. The van der Waals surface area contributed by atoms with Gasteiger partial charge in [-0.15, -0.1) is 0 Å². The summed E-state index contributed by atoms with van der Waals surface area (Å²) in [5.41, 5.74) is 2.61. The Morgan fingerprint density at radius 1 is 1.45 bits per heavy atom. The van der Waals surface area contributed by atoms with Crippen LogP contribution in [-0.4, -0.2) is 44.7 Å². The molecule has 1 fully saturated rings. The van der Waals surface area contributed by atoms with E-state index >= 15 is 0 Å². The quantitative estimate of drug-likeness (QED) is 0.859. The van der Waals surface area contributed by atoms with Gasteiger partial charge in [-0.05, 0) is 66.6 Å². The van der Waals surface area contributed by atoms with Crippen molar-refractivity contribution in [3.05, 3.63) is 28.2 Å². The van der Waals surface area contributed by atoms with Gasteiger partial charge in [0.1, 0.15) is 0 Å². The van der Waals surface area contributed by atoms with Gasteiger partial charge < -0.3 is 15.1 Å². The third-order valence-corrected chi connectivity index (χ3v) is 4.79. The molecule has 1 aliphatic heterocycles. The van der Waals surface area contributed by atoms with Crippen LogP contribution in [0.4, 0.5) is 5.69 Å². The SMILES string of the molecule is CCNCc1ccc(N(C)CC2CCCN2C)c(Br)c1. The molecule has 0 bridgehead atoms. The average molecular weight is 340 g/mol. The molecule has 1 atom stereocenters. The van der Waals surface area contributed by atoms with Crippen LogP contribution in [0.15, 0.2) is 22.7 Å². The number of anilines is 1. The Labute approximate surface area is 131 Å². The molecule has 0 amide bonds. The molecule has 0 radical (unpaired) electrons. The second-order valence-corrected chi connectivity index (χ2v) is 6.58. The van der Waals surface area contributed by atoms with E-state index in [1.807, 2.05) is 0 Å². The Hall–Kier alpha value is -0.580. The lowest BCUT2D eigenvalue weighted by Gasteiger charge is -2.28. The summed E-state index contributed by atoms with van der Waals surface area (Å²) < 4.78 is 1.19. The second kappa shape index (κ2) is 7.43. The predicted molar refractivity (Wildman–Crippen MR) is 90.4 cm³/mol. The minimum atomic E-state index is 0.688. The highest BCUT2D eigenvalue weighted by molar-refractivity contribution is 9.10. The van der Waals surface area contributed by atoms with Crippen molar-refractivity contribution in [3.63, 3.8) is 0 Å². The van der Waals surface area contributed by atoms with E-state index in [9.17, 15) is 0 Å². The molecule has 1 aromatic rings. The van der Waals surface area contributed by atoms with Crippen LogP contribution in [0.25, 0.3) is 0 Å². The molecule has 0 aliphatic carbocycles. The molecule has 1 heterocycles. The van der Waals surface area contributed by atoms with Crippen LogP contribution in [0.3, 0.4) is 0 Å². The van der Waals surface area contributed by atoms with E-state index in [1.54, 1.807) is 0 Å². The highest BCUT2D eigenvalue weighted by Crippen LogP contribution is 2.28. The number of halogens is 1. The van der Waals surface area contributed by atoms with Crippen molar-refractivity contribution in [2.75, 3.05) is 38.6 Å². The summed E-state index contributed by atoms with van der Waals surface area (Å²) in [7, 11) is 4.43. The van der Waals surface area contributed by atoms with Crippen molar-refractivity contribution in [1.29, 1.82) is 0 Å². The summed E-state index contributed by atoms with van der Waals surface area (Å²) in [6, 6.07) is 7.37. The van der Waals surface area contributed by atoms with Crippen molar-refractivity contribution in [2.45, 2.75) is 32.4 Å². The summed E-state index contributed by atoms with van der Waals surface area (Å²) >= 11 is 3.72. The Morgan fingerprint density at radius 2 is 2.25 bits per heavy atom. The van der Waals surface area contributed by atoms with Gasteiger partial charge in [-0.1, -0.05) is 13.0 Å². The molecule has 0 saturated carbocycles. The largest absolute Gasteiger partial charge is 0.372 e. The van der Waals surface area contributed by atoms with Crippen LogP contribution >= 0.6 is 15.9 Å². The molecule has 1 unspecified atom stereocenters. The van der Waals surface area contributed by atoms with E-state index in [-0.39, 0.29) is 0 Å². The number of nitrogens with zero attached hydrogens (tertiary/aromatic N) is 2. The van der Waals surface area contributed by atoms with E-state index < -0.39 is 0 Å². The third-order valence-electron chi connectivity index (χ3n) is 4.16. The van der Waals surface area contributed by atoms with Gasteiger partial charge >= 0.3 is 0 Å². The highest BCUT2D eigenvalue weighted by atomic mass is 79.9. The van der Waals surface area contributed by atoms with Crippen LogP contribution in [0.5, 0.6) is 0 Å². The van der Waals surface area contributed by atoms with Crippen molar-refractivity contribution in [1.82, 2.24) is 10.2 Å². The molecule has 0 spiro atoms. The first-order chi connectivity index (χ1) is 9.61. The zero-order valence-electron chi connectivity index (χ0n) is 12.8. The van der Waals surface area contributed by atoms with E-state index in [0.29, 0.717) is 6.04 Å². The molecule has 1 aromatic carbocycles. The van der Waals surface area contributed by atoms with Gasteiger partial charge in [-0.25, -0.2) is 0 Å². The summed E-state index contributed by atoms with van der Waals surface area (Å²) in [4.78, 5) is 4.84. The van der Waals surface area contributed by atoms with Crippen molar-refractivity contribution in [2.24, 2.45) is 0 Å². The van der Waals surface area contributed by atoms with Crippen molar-refractivity contribution < 1.29 is 0 Å². The topological polar surface area (TPSA) is 18.5 Å². The summed E-state index contributed by atoms with van der Waals surface area (Å²) in [5, 5.41) is 3.36. The van der Waals surface area contributed by atoms with Gasteiger partial charge in [0.15, 0.2) is 0 Å². The molecular weight excluding hydrogens is 314 g/mol. The molecule has 2 rings (SSSR count). The molecule has 3 nitrogen and oxygen atoms in total. The lowest BCUT2D eigenvalue weighted by Crippen LogP contribution is -2.36. The molecule has 0 aromatic heterocycles. The number of likely N-dealkylation sites (tertiary alicyclic amines) is 1. The first-order valence-electron chi connectivity index (χ1n) is 7.52. The zero-order valence-corrected chi connectivity index (χ0v) is 14.4. The Balaban J connectivity index is 2.00. The van der Waals surface area contributed by atoms with Crippen LogP contribution < -0.4 is 10.2 Å². The van der Waals surface area contributed by atoms with Crippen LogP contribution in [0.1, 0.15) is 25.3 Å². The maximum atomic E-state index is 3.72. The molecule has 1 saturated heterocycles. The Morgan fingerprint density at radius 3 is 2.85 bits per heavy atom. The number of hydrogen-bond donors (Lipinski definition) is 1. The van der Waals surface area contributed by atoms with E-state index in [0.717, 1.165) is 19.6 Å². The smallest absolute Gasteiger partial charge is 0.0508 e. The fourth-order valence-corrected chi connectivity index (χ4v) is 3.59. The number of benzene rings is 1. The minimum absolute atomic E-state index is 0.688. The first-order valence-corrected chi connectivity index (χ1v) is 8.31. The maximum absolute atomic E-state index is 3.72. The molecular formula is C16H26BrN3. The molecule has 4 heteroatoms. The Bertz CT molecular complexity index is 436. The lowest BCUT2D eigenvalue weighted by atomic mass is 10.1. The monoisotopic (exact) mass is 339 g/mol. The summed E-state index contributed by atoms with van der Waals surface area (Å²) in [5.74, 6) is 0. The molecule has 20 heavy (non-hydrogen) atoms. The fourth-order valence-electron chi connectivity index (χ4n) is 2.86. The van der Waals surface area contributed by atoms with Crippen molar-refractivity contribution >= 4 is 21.6 Å². The van der Waals surface area contributed by atoms with Gasteiger partial charge in [0.2, 0.25) is 0 Å².